The second-order valence-corrected chi connectivity index (χ2v) is 7.06. The van der Waals surface area contributed by atoms with Crippen LogP contribution in [-0.4, -0.2) is 34.5 Å². The summed E-state index contributed by atoms with van der Waals surface area (Å²) in [7, 11) is 0. The molecule has 0 unspecified atom stereocenters. The fraction of sp³-hybridized carbons (Fsp3) is 0.389. The van der Waals surface area contributed by atoms with E-state index in [9.17, 15) is 4.79 Å². The Labute approximate surface area is 145 Å². The average molecular weight is 376 g/mol. The molecule has 122 valence electrons. The van der Waals surface area contributed by atoms with Crippen molar-refractivity contribution in [3.8, 4) is 5.69 Å². The fourth-order valence-electron chi connectivity index (χ4n) is 3.26. The van der Waals surface area contributed by atoms with E-state index in [-0.39, 0.29) is 11.9 Å². The van der Waals surface area contributed by atoms with Crippen LogP contribution in [0.25, 0.3) is 5.69 Å². The Hall–Kier alpha value is -1.59. The number of carbonyl (C=O) groups is 1. The number of aryl methyl sites for hydroxylation is 1. The first kappa shape index (κ1) is 16.3. The van der Waals surface area contributed by atoms with Gasteiger partial charge in [-0.25, -0.2) is 0 Å². The highest BCUT2D eigenvalue weighted by Gasteiger charge is 2.25. The number of nitrogens with two attached hydrogens (primary N) is 1. The lowest BCUT2D eigenvalue weighted by atomic mass is 10.1. The normalized spacial score (nSPS) is 15.9. The molecule has 1 aromatic heterocycles. The van der Waals surface area contributed by atoms with Crippen molar-refractivity contribution in [1.29, 1.82) is 0 Å². The van der Waals surface area contributed by atoms with E-state index in [1.54, 1.807) is 0 Å². The van der Waals surface area contributed by atoms with E-state index in [0.717, 1.165) is 53.0 Å². The van der Waals surface area contributed by atoms with E-state index < -0.39 is 0 Å². The second kappa shape index (κ2) is 6.49. The van der Waals surface area contributed by atoms with Crippen molar-refractivity contribution >= 4 is 21.8 Å². The van der Waals surface area contributed by atoms with E-state index in [4.69, 9.17) is 5.73 Å². The van der Waals surface area contributed by atoms with Gasteiger partial charge in [-0.3, -0.25) is 4.79 Å². The lowest BCUT2D eigenvalue weighted by molar-refractivity contribution is 0.0714. The van der Waals surface area contributed by atoms with Gasteiger partial charge in [0.15, 0.2) is 0 Å². The summed E-state index contributed by atoms with van der Waals surface area (Å²) < 4.78 is 3.15. The van der Waals surface area contributed by atoms with E-state index >= 15 is 0 Å². The summed E-state index contributed by atoms with van der Waals surface area (Å²) in [5, 5.41) is 0. The predicted molar refractivity (Wildman–Crippen MR) is 96.1 cm³/mol. The molecule has 1 aliphatic heterocycles. The lowest BCUT2D eigenvalue weighted by Crippen LogP contribution is -2.42. The molecule has 1 fully saturated rings. The van der Waals surface area contributed by atoms with Gasteiger partial charge in [0, 0.05) is 35.0 Å². The highest BCUT2D eigenvalue weighted by Crippen LogP contribution is 2.27. The van der Waals surface area contributed by atoms with Gasteiger partial charge in [0.25, 0.3) is 5.91 Å². The van der Waals surface area contributed by atoms with Crippen molar-refractivity contribution in [2.45, 2.75) is 32.7 Å². The summed E-state index contributed by atoms with van der Waals surface area (Å²) in [6.45, 7) is 5.54. The monoisotopic (exact) mass is 375 g/mol. The molecule has 2 heterocycles. The van der Waals surface area contributed by atoms with Gasteiger partial charge in [0.2, 0.25) is 0 Å². The van der Waals surface area contributed by atoms with Crippen LogP contribution in [0.3, 0.4) is 0 Å². The number of nitrogens with zero attached hydrogens (tertiary/aromatic N) is 2. The lowest BCUT2D eigenvalue weighted by Gasteiger charge is -2.30. The Morgan fingerprint density at radius 3 is 2.52 bits per heavy atom. The number of carbonyl (C=O) groups excluding carboxylic acids is 1. The highest BCUT2D eigenvalue weighted by atomic mass is 79.9. The van der Waals surface area contributed by atoms with E-state index in [1.165, 1.54) is 0 Å². The first-order valence-electron chi connectivity index (χ1n) is 7.97. The van der Waals surface area contributed by atoms with Crippen LogP contribution < -0.4 is 5.73 Å². The molecule has 0 aliphatic carbocycles. The molecule has 0 atom stereocenters. The Morgan fingerprint density at radius 2 is 1.87 bits per heavy atom. The molecule has 5 heteroatoms. The van der Waals surface area contributed by atoms with Crippen molar-refractivity contribution in [3.63, 3.8) is 0 Å². The van der Waals surface area contributed by atoms with E-state index in [2.05, 4.69) is 26.6 Å². The number of benzene rings is 1. The molecule has 0 spiro atoms. The Morgan fingerprint density at radius 1 is 1.22 bits per heavy atom. The van der Waals surface area contributed by atoms with Gasteiger partial charge < -0.3 is 15.2 Å². The summed E-state index contributed by atoms with van der Waals surface area (Å²) in [6.07, 6.45) is 1.77. The van der Waals surface area contributed by atoms with Crippen LogP contribution in [0.5, 0.6) is 0 Å². The van der Waals surface area contributed by atoms with Crippen LogP contribution in [0, 0.1) is 13.8 Å². The molecule has 2 N–H and O–H groups in total. The van der Waals surface area contributed by atoms with Crippen molar-refractivity contribution < 1.29 is 4.79 Å². The van der Waals surface area contributed by atoms with Gasteiger partial charge in [0.05, 0.1) is 11.3 Å². The van der Waals surface area contributed by atoms with Crippen LogP contribution in [0.1, 0.15) is 34.6 Å². The molecule has 1 aliphatic rings. The zero-order valence-electron chi connectivity index (χ0n) is 13.6. The van der Waals surface area contributed by atoms with E-state index in [0.29, 0.717) is 0 Å². The molecule has 23 heavy (non-hydrogen) atoms. The molecule has 0 radical (unpaired) electrons. The third kappa shape index (κ3) is 3.08. The van der Waals surface area contributed by atoms with Crippen molar-refractivity contribution in [2.24, 2.45) is 5.73 Å². The molecule has 0 saturated carbocycles. The minimum absolute atomic E-state index is 0.114. The standard InChI is InChI=1S/C18H22BrN3O/c1-12-11-15(18(23)21-9-7-14(20)8-10-21)13(2)22(12)17-6-4-3-5-16(17)19/h3-6,11,14H,7-10,20H2,1-2H3. The maximum atomic E-state index is 12.9. The zero-order valence-corrected chi connectivity index (χ0v) is 15.1. The molecule has 2 aromatic rings. The van der Waals surface area contributed by atoms with Gasteiger partial charge in [0.1, 0.15) is 0 Å². The third-order valence-electron chi connectivity index (χ3n) is 4.58. The summed E-state index contributed by atoms with van der Waals surface area (Å²) in [4.78, 5) is 14.8. The van der Waals surface area contributed by atoms with Gasteiger partial charge in [-0.2, -0.15) is 0 Å². The number of hydrogen-bond donors (Lipinski definition) is 1. The number of para-hydroxylation sites is 1. The first-order valence-corrected chi connectivity index (χ1v) is 8.77. The van der Waals surface area contributed by atoms with Crippen molar-refractivity contribution in [1.82, 2.24) is 9.47 Å². The van der Waals surface area contributed by atoms with Crippen molar-refractivity contribution in [3.05, 3.63) is 51.8 Å². The van der Waals surface area contributed by atoms with Gasteiger partial charge >= 0.3 is 0 Å². The minimum Gasteiger partial charge on any atom is -0.338 e. The van der Waals surface area contributed by atoms with Crippen LogP contribution >= 0.6 is 15.9 Å². The number of hydrogen-bond acceptors (Lipinski definition) is 2. The molecule has 4 nitrogen and oxygen atoms in total. The highest BCUT2D eigenvalue weighted by molar-refractivity contribution is 9.10. The molecule has 1 aromatic carbocycles. The SMILES string of the molecule is Cc1cc(C(=O)N2CCC(N)CC2)c(C)n1-c1ccccc1Br. The summed E-state index contributed by atoms with van der Waals surface area (Å²) in [5.41, 5.74) is 9.83. The predicted octanol–water partition coefficient (Wildman–Crippen LogP) is 3.42. The fourth-order valence-corrected chi connectivity index (χ4v) is 3.72. The Bertz CT molecular complexity index is 730. The topological polar surface area (TPSA) is 51.3 Å². The molecular formula is C18H22BrN3O. The summed E-state index contributed by atoms with van der Waals surface area (Å²) in [6, 6.07) is 10.3. The Kier molecular flexibility index (Phi) is 4.60. The molecule has 1 amide bonds. The van der Waals surface area contributed by atoms with Crippen LogP contribution in [-0.2, 0) is 0 Å². The quantitative estimate of drug-likeness (QED) is 0.873. The number of rotatable bonds is 2. The first-order chi connectivity index (χ1) is 11.0. The van der Waals surface area contributed by atoms with Gasteiger partial charge in [-0.1, -0.05) is 12.1 Å². The number of halogens is 1. The maximum Gasteiger partial charge on any atom is 0.255 e. The molecular weight excluding hydrogens is 354 g/mol. The van der Waals surface area contributed by atoms with Gasteiger partial charge in [-0.15, -0.1) is 0 Å². The van der Waals surface area contributed by atoms with Crippen LogP contribution in [0.4, 0.5) is 0 Å². The van der Waals surface area contributed by atoms with Crippen LogP contribution in [0.15, 0.2) is 34.8 Å². The van der Waals surface area contributed by atoms with Gasteiger partial charge in [-0.05, 0) is 60.8 Å². The number of likely N-dealkylation sites (tertiary alicyclic amines) is 1. The van der Waals surface area contributed by atoms with Crippen LogP contribution in [0.2, 0.25) is 0 Å². The second-order valence-electron chi connectivity index (χ2n) is 6.20. The summed E-state index contributed by atoms with van der Waals surface area (Å²) in [5.74, 6) is 0.114. The summed E-state index contributed by atoms with van der Waals surface area (Å²) >= 11 is 3.60. The van der Waals surface area contributed by atoms with Crippen molar-refractivity contribution in [2.75, 3.05) is 13.1 Å². The smallest absolute Gasteiger partial charge is 0.255 e. The van der Waals surface area contributed by atoms with E-state index in [1.807, 2.05) is 43.0 Å². The number of amides is 1. The zero-order chi connectivity index (χ0) is 16.6. The largest absolute Gasteiger partial charge is 0.338 e. The molecule has 1 saturated heterocycles. The molecule has 3 rings (SSSR count). The number of aromatic nitrogens is 1. The minimum atomic E-state index is 0.114. The number of piperidine rings is 1. The Balaban J connectivity index is 1.95. The maximum absolute atomic E-state index is 12.9. The molecule has 0 bridgehead atoms. The third-order valence-corrected chi connectivity index (χ3v) is 5.25. The average Bonchev–Trinajstić information content (AvgIpc) is 2.83.